The van der Waals surface area contributed by atoms with E-state index < -0.39 is 11.6 Å². The van der Waals surface area contributed by atoms with Gasteiger partial charge >= 0.3 is 5.69 Å². The highest BCUT2D eigenvalue weighted by Crippen LogP contribution is 1.80. The van der Waals surface area contributed by atoms with Crippen molar-refractivity contribution in [1.29, 1.82) is 0 Å². The Hall–Kier alpha value is -1.73. The molecule has 7 nitrogen and oxygen atoms in total. The summed E-state index contributed by atoms with van der Waals surface area (Å²) in [4.78, 5) is 30.7. The van der Waals surface area contributed by atoms with E-state index in [0.29, 0.717) is 6.61 Å². The Labute approximate surface area is 92.0 Å². The molecule has 0 unspecified atom stereocenters. The standard InChI is InChI=1S/C9H13N3O4/c1-15-5-6-16-11-8(13)7-12-4-2-3-10-9(12)14/h2-4H,5-7H2,1H3,(H,11,13). The van der Waals surface area contributed by atoms with Crippen LogP contribution in [0.1, 0.15) is 0 Å². The number of methoxy groups -OCH3 is 1. The van der Waals surface area contributed by atoms with Crippen molar-refractivity contribution >= 4 is 5.91 Å². The van der Waals surface area contributed by atoms with Crippen LogP contribution in [-0.2, 0) is 20.9 Å². The predicted molar refractivity (Wildman–Crippen MR) is 54.5 cm³/mol. The molecule has 0 saturated carbocycles. The Balaban J connectivity index is 2.35. The van der Waals surface area contributed by atoms with Crippen molar-refractivity contribution in [1.82, 2.24) is 15.0 Å². The smallest absolute Gasteiger partial charge is 0.347 e. The van der Waals surface area contributed by atoms with Gasteiger partial charge in [0.15, 0.2) is 0 Å². The summed E-state index contributed by atoms with van der Waals surface area (Å²) in [5, 5.41) is 0. The molecule has 0 saturated heterocycles. The molecule has 88 valence electrons. The van der Waals surface area contributed by atoms with Crippen LogP contribution in [0.15, 0.2) is 23.3 Å². The molecule has 16 heavy (non-hydrogen) atoms. The van der Waals surface area contributed by atoms with Gasteiger partial charge in [0, 0.05) is 19.5 Å². The molecule has 0 aliphatic heterocycles. The molecule has 1 aromatic rings. The summed E-state index contributed by atoms with van der Waals surface area (Å²) in [6.07, 6.45) is 2.84. The zero-order chi connectivity index (χ0) is 11.8. The largest absolute Gasteiger partial charge is 0.382 e. The lowest BCUT2D eigenvalue weighted by molar-refractivity contribution is -0.135. The lowest BCUT2D eigenvalue weighted by Gasteiger charge is -2.06. The molecule has 0 aromatic carbocycles. The van der Waals surface area contributed by atoms with E-state index in [4.69, 9.17) is 9.57 Å². The summed E-state index contributed by atoms with van der Waals surface area (Å²) >= 11 is 0. The second kappa shape index (κ2) is 6.70. The minimum Gasteiger partial charge on any atom is -0.382 e. The van der Waals surface area contributed by atoms with Crippen molar-refractivity contribution in [2.45, 2.75) is 6.54 Å². The van der Waals surface area contributed by atoms with E-state index in [2.05, 4.69) is 10.5 Å². The molecular weight excluding hydrogens is 214 g/mol. The quantitative estimate of drug-likeness (QED) is 0.494. The third kappa shape index (κ3) is 4.20. The average molecular weight is 227 g/mol. The highest BCUT2D eigenvalue weighted by Gasteiger charge is 2.03. The van der Waals surface area contributed by atoms with Crippen molar-refractivity contribution in [2.24, 2.45) is 0 Å². The number of amides is 1. The first-order valence-corrected chi connectivity index (χ1v) is 4.65. The van der Waals surface area contributed by atoms with Crippen LogP contribution in [0.25, 0.3) is 0 Å². The van der Waals surface area contributed by atoms with Gasteiger partial charge < -0.3 is 4.74 Å². The van der Waals surface area contributed by atoms with Crippen LogP contribution in [0.4, 0.5) is 0 Å². The molecule has 0 atom stereocenters. The van der Waals surface area contributed by atoms with E-state index in [-0.39, 0.29) is 13.2 Å². The van der Waals surface area contributed by atoms with Crippen molar-refractivity contribution < 1.29 is 14.4 Å². The molecule has 1 aromatic heterocycles. The summed E-state index contributed by atoms with van der Waals surface area (Å²) in [6.45, 7) is 0.511. The zero-order valence-corrected chi connectivity index (χ0v) is 8.88. The number of hydrogen-bond donors (Lipinski definition) is 1. The Morgan fingerprint density at radius 1 is 1.56 bits per heavy atom. The maximum Gasteiger partial charge on any atom is 0.347 e. The number of rotatable bonds is 6. The molecule has 0 aliphatic carbocycles. The summed E-state index contributed by atoms with van der Waals surface area (Å²) in [5.41, 5.74) is 1.71. The van der Waals surface area contributed by atoms with E-state index in [1.807, 2.05) is 0 Å². The minimum atomic E-state index is -0.477. The first-order valence-electron chi connectivity index (χ1n) is 4.65. The fourth-order valence-corrected chi connectivity index (χ4v) is 0.951. The molecule has 1 N–H and O–H groups in total. The molecule has 0 radical (unpaired) electrons. The molecule has 1 amide bonds. The van der Waals surface area contributed by atoms with E-state index in [9.17, 15) is 9.59 Å². The van der Waals surface area contributed by atoms with Gasteiger partial charge in [0.25, 0.3) is 5.91 Å². The monoisotopic (exact) mass is 227 g/mol. The van der Waals surface area contributed by atoms with E-state index in [1.165, 1.54) is 24.1 Å². The van der Waals surface area contributed by atoms with Crippen LogP contribution in [0.2, 0.25) is 0 Å². The second-order valence-electron chi connectivity index (χ2n) is 2.90. The summed E-state index contributed by atoms with van der Waals surface area (Å²) in [5.74, 6) is -0.425. The van der Waals surface area contributed by atoms with Crippen LogP contribution in [0.5, 0.6) is 0 Å². The first-order chi connectivity index (χ1) is 7.74. The predicted octanol–water partition coefficient (Wildman–Crippen LogP) is -1.06. The van der Waals surface area contributed by atoms with E-state index in [0.717, 1.165) is 0 Å². The number of nitrogens with one attached hydrogen (secondary N) is 1. The van der Waals surface area contributed by atoms with E-state index >= 15 is 0 Å². The molecule has 1 heterocycles. The van der Waals surface area contributed by atoms with E-state index in [1.54, 1.807) is 6.07 Å². The normalized spacial score (nSPS) is 10.1. The lowest BCUT2D eigenvalue weighted by atomic mass is 10.5. The van der Waals surface area contributed by atoms with Gasteiger partial charge in [-0.05, 0) is 6.07 Å². The maximum atomic E-state index is 11.3. The third-order valence-corrected chi connectivity index (χ3v) is 1.67. The van der Waals surface area contributed by atoms with Crippen molar-refractivity contribution in [3.63, 3.8) is 0 Å². The number of carbonyl (C=O) groups excluding carboxylic acids is 1. The Bertz CT molecular complexity index is 390. The first kappa shape index (κ1) is 12.3. The molecular formula is C9H13N3O4. The van der Waals surface area contributed by atoms with Crippen LogP contribution in [0, 0.1) is 0 Å². The number of hydrogen-bond acceptors (Lipinski definition) is 5. The van der Waals surface area contributed by atoms with Crippen LogP contribution in [0.3, 0.4) is 0 Å². The molecule has 0 bridgehead atoms. The topological polar surface area (TPSA) is 82.4 Å². The Kier molecular flexibility index (Phi) is 5.17. The van der Waals surface area contributed by atoms with Gasteiger partial charge in [-0.3, -0.25) is 14.2 Å². The number of aromatic nitrogens is 2. The van der Waals surface area contributed by atoms with Crippen LogP contribution in [-0.4, -0.2) is 35.8 Å². The fourth-order valence-electron chi connectivity index (χ4n) is 0.951. The van der Waals surface area contributed by atoms with Gasteiger partial charge in [-0.1, -0.05) is 0 Å². The highest BCUT2D eigenvalue weighted by atomic mass is 16.7. The van der Waals surface area contributed by atoms with Gasteiger partial charge in [-0.15, -0.1) is 0 Å². The summed E-state index contributed by atoms with van der Waals surface area (Å²) in [6, 6.07) is 1.57. The lowest BCUT2D eigenvalue weighted by Crippen LogP contribution is -2.33. The van der Waals surface area contributed by atoms with Gasteiger partial charge in [-0.25, -0.2) is 15.3 Å². The van der Waals surface area contributed by atoms with Gasteiger partial charge in [-0.2, -0.15) is 0 Å². The SMILES string of the molecule is COCCONC(=O)Cn1cccnc1=O. The zero-order valence-electron chi connectivity index (χ0n) is 8.88. The number of nitrogens with zero attached hydrogens (tertiary/aromatic N) is 2. The molecule has 1 rings (SSSR count). The van der Waals surface area contributed by atoms with Crippen molar-refractivity contribution in [2.75, 3.05) is 20.3 Å². The molecule has 7 heteroatoms. The third-order valence-electron chi connectivity index (χ3n) is 1.67. The molecule has 0 aliphatic rings. The Morgan fingerprint density at radius 2 is 2.38 bits per heavy atom. The summed E-state index contributed by atoms with van der Waals surface area (Å²) < 4.78 is 5.90. The van der Waals surface area contributed by atoms with Crippen molar-refractivity contribution in [3.05, 3.63) is 28.9 Å². The maximum absolute atomic E-state index is 11.3. The van der Waals surface area contributed by atoms with Crippen LogP contribution < -0.4 is 11.2 Å². The van der Waals surface area contributed by atoms with Gasteiger partial charge in [0.1, 0.15) is 6.54 Å². The molecule has 0 fully saturated rings. The van der Waals surface area contributed by atoms with Crippen molar-refractivity contribution in [3.8, 4) is 0 Å². The minimum absolute atomic E-state index is 0.125. The highest BCUT2D eigenvalue weighted by molar-refractivity contribution is 5.74. The average Bonchev–Trinajstić information content (AvgIpc) is 2.28. The second-order valence-corrected chi connectivity index (χ2v) is 2.90. The van der Waals surface area contributed by atoms with Crippen LogP contribution >= 0.6 is 0 Å². The number of ether oxygens (including phenoxy) is 1. The van der Waals surface area contributed by atoms with Gasteiger partial charge in [0.05, 0.1) is 13.2 Å². The number of hydroxylamine groups is 1. The summed E-state index contributed by atoms with van der Waals surface area (Å²) in [7, 11) is 1.53. The number of carbonyl (C=O) groups is 1. The molecule has 0 spiro atoms. The Morgan fingerprint density at radius 3 is 3.06 bits per heavy atom. The fraction of sp³-hybridized carbons (Fsp3) is 0.444. The van der Waals surface area contributed by atoms with Gasteiger partial charge in [0.2, 0.25) is 0 Å².